The summed E-state index contributed by atoms with van der Waals surface area (Å²) in [6.07, 6.45) is 3.45. The van der Waals surface area contributed by atoms with E-state index in [9.17, 15) is 4.79 Å². The summed E-state index contributed by atoms with van der Waals surface area (Å²) in [6, 6.07) is 1.88. The van der Waals surface area contributed by atoms with E-state index in [2.05, 4.69) is 10.1 Å². The average Bonchev–Trinajstić information content (AvgIpc) is 2.70. The number of thiazole rings is 1. The number of Topliss-reactive ketones (excluding diaryl/α,β-unsaturated/α-hetero) is 1. The van der Waals surface area contributed by atoms with Gasteiger partial charge < -0.3 is 0 Å². The van der Waals surface area contributed by atoms with Gasteiger partial charge in [-0.3, -0.25) is 9.48 Å². The van der Waals surface area contributed by atoms with E-state index < -0.39 is 0 Å². The van der Waals surface area contributed by atoms with Gasteiger partial charge in [-0.15, -0.1) is 11.3 Å². The predicted molar refractivity (Wildman–Crippen MR) is 54.3 cm³/mol. The summed E-state index contributed by atoms with van der Waals surface area (Å²) in [5.74, 6) is 0.0460. The lowest BCUT2D eigenvalue weighted by Crippen LogP contribution is -1.87. The van der Waals surface area contributed by atoms with Crippen LogP contribution in [0.2, 0.25) is 0 Å². The Kier molecular flexibility index (Phi) is 2.17. The van der Waals surface area contributed by atoms with E-state index in [1.54, 1.807) is 10.9 Å². The Morgan fingerprint density at radius 1 is 1.57 bits per heavy atom. The number of aromatic nitrogens is 3. The summed E-state index contributed by atoms with van der Waals surface area (Å²) in [5, 5.41) is 4.99. The summed E-state index contributed by atoms with van der Waals surface area (Å²) >= 11 is 1.37. The van der Waals surface area contributed by atoms with Crippen molar-refractivity contribution in [3.05, 3.63) is 23.3 Å². The lowest BCUT2D eigenvalue weighted by atomic mass is 10.4. The number of nitrogens with zero attached hydrogens (tertiary/aromatic N) is 3. The number of ketones is 1. The van der Waals surface area contributed by atoms with Crippen molar-refractivity contribution < 1.29 is 4.79 Å². The fourth-order valence-electron chi connectivity index (χ4n) is 1.08. The van der Waals surface area contributed by atoms with Gasteiger partial charge in [-0.1, -0.05) is 0 Å². The second-order valence-electron chi connectivity index (χ2n) is 2.96. The third kappa shape index (κ3) is 1.58. The highest BCUT2D eigenvalue weighted by atomic mass is 32.1. The van der Waals surface area contributed by atoms with Crippen LogP contribution in [-0.4, -0.2) is 20.5 Å². The minimum Gasteiger partial charge on any atom is -0.294 e. The maximum absolute atomic E-state index is 11.0. The van der Waals surface area contributed by atoms with Gasteiger partial charge in [0.25, 0.3) is 0 Å². The lowest BCUT2D eigenvalue weighted by Gasteiger charge is -1.87. The summed E-state index contributed by atoms with van der Waals surface area (Å²) in [4.78, 5) is 15.9. The van der Waals surface area contributed by atoms with Crippen LogP contribution < -0.4 is 0 Å². The van der Waals surface area contributed by atoms with Crippen molar-refractivity contribution in [2.24, 2.45) is 7.05 Å². The van der Waals surface area contributed by atoms with Gasteiger partial charge in [-0.05, 0) is 6.07 Å². The normalized spacial score (nSPS) is 10.4. The summed E-state index contributed by atoms with van der Waals surface area (Å²) < 4.78 is 1.71. The van der Waals surface area contributed by atoms with Crippen molar-refractivity contribution in [2.45, 2.75) is 6.92 Å². The zero-order valence-electron chi connectivity index (χ0n) is 7.89. The lowest BCUT2D eigenvalue weighted by molar-refractivity contribution is 0.102. The van der Waals surface area contributed by atoms with Gasteiger partial charge in [-0.25, -0.2) is 4.98 Å². The minimum absolute atomic E-state index is 0.0460. The molecule has 0 saturated carbocycles. The highest BCUT2D eigenvalue weighted by molar-refractivity contribution is 7.16. The fourth-order valence-corrected chi connectivity index (χ4v) is 1.86. The maximum Gasteiger partial charge on any atom is 0.171 e. The molecule has 0 bridgehead atoms. The average molecular weight is 207 g/mol. The van der Waals surface area contributed by atoms with Crippen molar-refractivity contribution in [1.82, 2.24) is 14.8 Å². The molecule has 2 heterocycles. The van der Waals surface area contributed by atoms with Gasteiger partial charge in [0.15, 0.2) is 5.78 Å². The molecule has 4 nitrogen and oxygen atoms in total. The topological polar surface area (TPSA) is 47.8 Å². The third-order valence-electron chi connectivity index (χ3n) is 1.79. The van der Waals surface area contributed by atoms with Gasteiger partial charge in [0.05, 0.1) is 4.88 Å². The SMILES string of the molecule is CC(=O)c1cnc(-c2ccn(C)n2)s1. The molecule has 0 fully saturated rings. The molecule has 0 saturated heterocycles. The Hall–Kier alpha value is -1.49. The van der Waals surface area contributed by atoms with E-state index in [1.165, 1.54) is 18.3 Å². The van der Waals surface area contributed by atoms with Crippen molar-refractivity contribution >= 4 is 17.1 Å². The highest BCUT2D eigenvalue weighted by Gasteiger charge is 2.09. The molecule has 0 unspecified atom stereocenters. The minimum atomic E-state index is 0.0460. The molecular formula is C9H9N3OS. The molecule has 0 aliphatic carbocycles. The van der Waals surface area contributed by atoms with E-state index in [0.717, 1.165) is 10.7 Å². The van der Waals surface area contributed by atoms with Gasteiger partial charge >= 0.3 is 0 Å². The van der Waals surface area contributed by atoms with Gasteiger partial charge in [0.2, 0.25) is 0 Å². The van der Waals surface area contributed by atoms with Gasteiger partial charge in [-0.2, -0.15) is 5.10 Å². The largest absolute Gasteiger partial charge is 0.294 e. The summed E-state index contributed by atoms with van der Waals surface area (Å²) in [6.45, 7) is 1.54. The van der Waals surface area contributed by atoms with Crippen LogP contribution in [0.15, 0.2) is 18.5 Å². The molecule has 14 heavy (non-hydrogen) atoms. The fraction of sp³-hybridized carbons (Fsp3) is 0.222. The van der Waals surface area contributed by atoms with E-state index in [4.69, 9.17) is 0 Å². The molecule has 0 aliphatic rings. The maximum atomic E-state index is 11.0. The number of hydrogen-bond acceptors (Lipinski definition) is 4. The zero-order valence-corrected chi connectivity index (χ0v) is 8.71. The van der Waals surface area contributed by atoms with Crippen LogP contribution >= 0.6 is 11.3 Å². The molecular weight excluding hydrogens is 198 g/mol. The molecule has 0 amide bonds. The van der Waals surface area contributed by atoms with E-state index in [1.807, 2.05) is 19.3 Å². The Labute approximate surface area is 85.2 Å². The first-order chi connectivity index (χ1) is 6.66. The van der Waals surface area contributed by atoms with Crippen LogP contribution in [0.25, 0.3) is 10.7 Å². The smallest absolute Gasteiger partial charge is 0.171 e. The standard InChI is InChI=1S/C9H9N3OS/c1-6(13)8-5-10-9(14-8)7-3-4-12(2)11-7/h3-5H,1-2H3. The van der Waals surface area contributed by atoms with Crippen LogP contribution in [0.3, 0.4) is 0 Å². The van der Waals surface area contributed by atoms with Crippen molar-refractivity contribution in [3.63, 3.8) is 0 Å². The molecule has 0 atom stereocenters. The first-order valence-electron chi connectivity index (χ1n) is 4.13. The molecule has 5 heteroatoms. The van der Waals surface area contributed by atoms with Crippen molar-refractivity contribution in [1.29, 1.82) is 0 Å². The van der Waals surface area contributed by atoms with Crippen LogP contribution in [-0.2, 0) is 7.05 Å². The molecule has 0 aromatic carbocycles. The Morgan fingerprint density at radius 2 is 2.36 bits per heavy atom. The number of aryl methyl sites for hydroxylation is 1. The number of carbonyl (C=O) groups is 1. The first-order valence-corrected chi connectivity index (χ1v) is 4.95. The molecule has 0 spiro atoms. The quantitative estimate of drug-likeness (QED) is 0.705. The van der Waals surface area contributed by atoms with Crippen LogP contribution in [0.1, 0.15) is 16.6 Å². The molecule has 0 aliphatic heterocycles. The second kappa shape index (κ2) is 3.34. The van der Waals surface area contributed by atoms with Crippen LogP contribution in [0.4, 0.5) is 0 Å². The molecule has 72 valence electrons. The predicted octanol–water partition coefficient (Wildman–Crippen LogP) is 1.75. The number of carbonyl (C=O) groups excluding carboxylic acids is 1. The molecule has 2 aromatic rings. The Balaban J connectivity index is 2.38. The molecule has 0 N–H and O–H groups in total. The zero-order chi connectivity index (χ0) is 10.1. The molecule has 2 aromatic heterocycles. The number of rotatable bonds is 2. The van der Waals surface area contributed by atoms with Crippen LogP contribution in [0, 0.1) is 0 Å². The summed E-state index contributed by atoms with van der Waals surface area (Å²) in [7, 11) is 1.85. The number of hydrogen-bond donors (Lipinski definition) is 0. The van der Waals surface area contributed by atoms with Crippen molar-refractivity contribution in [3.8, 4) is 10.7 Å². The summed E-state index contributed by atoms with van der Waals surface area (Å²) in [5.41, 5.74) is 0.810. The first kappa shape index (κ1) is 9.08. The Bertz CT molecular complexity index is 472. The Morgan fingerprint density at radius 3 is 2.86 bits per heavy atom. The van der Waals surface area contributed by atoms with E-state index in [0.29, 0.717) is 4.88 Å². The van der Waals surface area contributed by atoms with Gasteiger partial charge in [0, 0.05) is 26.4 Å². The van der Waals surface area contributed by atoms with Gasteiger partial charge in [0.1, 0.15) is 10.7 Å². The second-order valence-corrected chi connectivity index (χ2v) is 3.99. The highest BCUT2D eigenvalue weighted by Crippen LogP contribution is 2.23. The van der Waals surface area contributed by atoms with Crippen molar-refractivity contribution in [2.75, 3.05) is 0 Å². The monoisotopic (exact) mass is 207 g/mol. The van der Waals surface area contributed by atoms with Crippen LogP contribution in [0.5, 0.6) is 0 Å². The third-order valence-corrected chi connectivity index (χ3v) is 2.91. The van der Waals surface area contributed by atoms with E-state index >= 15 is 0 Å². The van der Waals surface area contributed by atoms with E-state index in [-0.39, 0.29) is 5.78 Å². The molecule has 0 radical (unpaired) electrons. The molecule has 2 rings (SSSR count).